The van der Waals surface area contributed by atoms with E-state index in [-0.39, 0.29) is 23.7 Å². The summed E-state index contributed by atoms with van der Waals surface area (Å²) in [5, 5.41) is 16.0. The zero-order chi connectivity index (χ0) is 21.3. The van der Waals surface area contributed by atoms with Gasteiger partial charge in [0, 0.05) is 29.5 Å². The first-order valence-electron chi connectivity index (χ1n) is 10.6. The molecule has 5 atom stereocenters. The highest BCUT2D eigenvalue weighted by Gasteiger charge is 2.49. The SMILES string of the molecule is CC1=CC(=O)O[C@@H]2CC(CC[C@H](C)c3sccc3CC1)O[C@@](O)([C@@H]1CSC(=O)N1)C2. The van der Waals surface area contributed by atoms with Crippen molar-refractivity contribution in [2.24, 2.45) is 0 Å². The van der Waals surface area contributed by atoms with Gasteiger partial charge in [0.1, 0.15) is 6.10 Å². The highest BCUT2D eigenvalue weighted by molar-refractivity contribution is 8.14. The summed E-state index contributed by atoms with van der Waals surface area (Å²) in [5.74, 6) is -1.06. The number of amides is 1. The van der Waals surface area contributed by atoms with E-state index < -0.39 is 17.9 Å². The molecule has 0 aromatic carbocycles. The van der Waals surface area contributed by atoms with Crippen molar-refractivity contribution < 1.29 is 24.2 Å². The molecule has 2 N–H and O–H groups in total. The molecule has 0 radical (unpaired) electrons. The predicted molar refractivity (Wildman–Crippen MR) is 118 cm³/mol. The molecule has 1 unspecified atom stereocenters. The van der Waals surface area contributed by atoms with E-state index in [2.05, 4.69) is 23.7 Å². The molecule has 1 aromatic heterocycles. The van der Waals surface area contributed by atoms with E-state index in [4.69, 9.17) is 9.47 Å². The molecule has 0 aliphatic carbocycles. The molecular weight excluding hydrogens is 422 g/mol. The maximum absolute atomic E-state index is 12.5. The molecule has 4 heterocycles. The normalized spacial score (nSPS) is 35.6. The molecule has 2 saturated heterocycles. The maximum Gasteiger partial charge on any atom is 0.330 e. The summed E-state index contributed by atoms with van der Waals surface area (Å²) in [5.41, 5.74) is 2.33. The van der Waals surface area contributed by atoms with Gasteiger partial charge in [-0.15, -0.1) is 11.3 Å². The number of thiophene rings is 1. The fourth-order valence-corrected chi connectivity index (χ4v) is 6.50. The van der Waals surface area contributed by atoms with Crippen LogP contribution in [-0.4, -0.2) is 46.1 Å². The number of thioether (sulfide) groups is 1. The monoisotopic (exact) mass is 451 g/mol. The average molecular weight is 452 g/mol. The number of rotatable bonds is 1. The minimum atomic E-state index is -1.53. The zero-order valence-corrected chi connectivity index (χ0v) is 19.0. The smallest absolute Gasteiger partial charge is 0.330 e. The molecule has 8 heteroatoms. The number of allylic oxidation sites excluding steroid dienone is 1. The molecule has 30 heavy (non-hydrogen) atoms. The van der Waals surface area contributed by atoms with Gasteiger partial charge in [-0.2, -0.15) is 0 Å². The van der Waals surface area contributed by atoms with Crippen molar-refractivity contribution in [2.45, 2.75) is 82.3 Å². The lowest BCUT2D eigenvalue weighted by Crippen LogP contribution is -2.58. The first kappa shape index (κ1) is 21.9. The third-order valence-corrected chi connectivity index (χ3v) is 8.29. The lowest BCUT2D eigenvalue weighted by molar-refractivity contribution is -0.283. The Kier molecular flexibility index (Phi) is 6.58. The van der Waals surface area contributed by atoms with Crippen molar-refractivity contribution in [3.8, 4) is 0 Å². The molecule has 2 bridgehead atoms. The number of aliphatic hydroxyl groups is 1. The lowest BCUT2D eigenvalue weighted by Gasteiger charge is -2.43. The quantitative estimate of drug-likeness (QED) is 0.625. The van der Waals surface area contributed by atoms with Crippen LogP contribution in [-0.2, 0) is 20.7 Å². The number of hydrogen-bond donors (Lipinski definition) is 2. The van der Waals surface area contributed by atoms with Gasteiger partial charge < -0.3 is 19.9 Å². The number of fused-ring (bicyclic) bond motifs is 3. The van der Waals surface area contributed by atoms with Crippen LogP contribution in [0.2, 0.25) is 0 Å². The molecule has 6 nitrogen and oxygen atoms in total. The third kappa shape index (κ3) is 4.93. The van der Waals surface area contributed by atoms with Crippen LogP contribution in [0.1, 0.15) is 62.3 Å². The molecule has 164 valence electrons. The summed E-state index contributed by atoms with van der Waals surface area (Å²) in [4.78, 5) is 25.6. The summed E-state index contributed by atoms with van der Waals surface area (Å²) in [6, 6.07) is 1.68. The van der Waals surface area contributed by atoms with Gasteiger partial charge in [0.25, 0.3) is 5.24 Å². The number of carbonyl (C=O) groups is 2. The number of aryl methyl sites for hydroxylation is 1. The van der Waals surface area contributed by atoms with Gasteiger partial charge >= 0.3 is 5.97 Å². The highest BCUT2D eigenvalue weighted by Crippen LogP contribution is 2.38. The van der Waals surface area contributed by atoms with Crippen LogP contribution in [0.25, 0.3) is 0 Å². The molecule has 0 saturated carbocycles. The Labute approximate surface area is 185 Å². The van der Waals surface area contributed by atoms with Crippen molar-refractivity contribution in [1.82, 2.24) is 5.32 Å². The standard InChI is InChI=1S/C22H29NO5S2/c1-13-3-5-15-7-8-29-20(15)14(2)4-6-16-10-17(27-19(24)9-13)11-22(26,28-16)18-12-30-21(25)23-18/h7-9,14,16-18,26H,3-6,10-12H2,1-2H3,(H,23,25)/t14-,16?,17+,18-,22+/m0/s1. The second-order valence-corrected chi connectivity index (χ2v) is 10.6. The van der Waals surface area contributed by atoms with Gasteiger partial charge in [-0.25, -0.2) is 4.79 Å². The Morgan fingerprint density at radius 1 is 1.23 bits per heavy atom. The van der Waals surface area contributed by atoms with Crippen LogP contribution in [0.4, 0.5) is 4.79 Å². The Bertz CT molecular complexity index is 837. The van der Waals surface area contributed by atoms with Crippen LogP contribution in [0.3, 0.4) is 0 Å². The Hall–Kier alpha value is -1.35. The van der Waals surface area contributed by atoms with Crippen LogP contribution in [0.5, 0.6) is 0 Å². The minimum absolute atomic E-state index is 0.160. The highest BCUT2D eigenvalue weighted by atomic mass is 32.2. The van der Waals surface area contributed by atoms with Gasteiger partial charge in [0.15, 0.2) is 5.79 Å². The predicted octanol–water partition coefficient (Wildman–Crippen LogP) is 4.13. The summed E-state index contributed by atoms with van der Waals surface area (Å²) in [6.45, 7) is 4.20. The first-order chi connectivity index (χ1) is 14.3. The zero-order valence-electron chi connectivity index (χ0n) is 17.4. The number of hydrogen-bond acceptors (Lipinski definition) is 7. The third-order valence-electron chi connectivity index (χ3n) is 6.22. The number of esters is 1. The van der Waals surface area contributed by atoms with Crippen LogP contribution in [0.15, 0.2) is 23.1 Å². The molecule has 1 amide bonds. The molecule has 3 aliphatic rings. The summed E-state index contributed by atoms with van der Waals surface area (Å²) in [6.07, 6.45) is 5.03. The van der Waals surface area contributed by atoms with Crippen LogP contribution < -0.4 is 5.32 Å². The van der Waals surface area contributed by atoms with Gasteiger partial charge in [0.05, 0.1) is 12.1 Å². The van der Waals surface area contributed by atoms with E-state index in [0.29, 0.717) is 18.1 Å². The molecular formula is C22H29NO5S2. The van der Waals surface area contributed by atoms with Crippen molar-refractivity contribution in [1.29, 1.82) is 0 Å². The Balaban J connectivity index is 1.58. The minimum Gasteiger partial charge on any atom is -0.459 e. The van der Waals surface area contributed by atoms with Gasteiger partial charge in [-0.05, 0) is 55.5 Å². The second-order valence-electron chi connectivity index (χ2n) is 8.66. The lowest BCUT2D eigenvalue weighted by atomic mass is 9.89. The fraction of sp³-hybridized carbons (Fsp3) is 0.636. The van der Waals surface area contributed by atoms with E-state index in [1.807, 2.05) is 6.92 Å². The fourth-order valence-electron chi connectivity index (χ4n) is 4.56. The first-order valence-corrected chi connectivity index (χ1v) is 12.5. The topological polar surface area (TPSA) is 84.9 Å². The van der Waals surface area contributed by atoms with Crippen LogP contribution in [0, 0.1) is 0 Å². The van der Waals surface area contributed by atoms with Crippen LogP contribution >= 0.6 is 23.1 Å². The molecule has 1 aromatic rings. The molecule has 0 spiro atoms. The maximum atomic E-state index is 12.5. The summed E-state index contributed by atoms with van der Waals surface area (Å²) >= 11 is 2.93. The largest absolute Gasteiger partial charge is 0.459 e. The number of ether oxygens (including phenoxy) is 2. The molecule has 4 rings (SSSR count). The van der Waals surface area contributed by atoms with Crippen molar-refractivity contribution >= 4 is 34.3 Å². The second kappa shape index (κ2) is 9.02. The summed E-state index contributed by atoms with van der Waals surface area (Å²) < 4.78 is 11.9. The number of nitrogens with one attached hydrogen (secondary N) is 1. The number of carbonyl (C=O) groups excluding carboxylic acids is 2. The van der Waals surface area contributed by atoms with Crippen molar-refractivity contribution in [2.75, 3.05) is 5.75 Å². The average Bonchev–Trinajstić information content (AvgIpc) is 3.32. The summed E-state index contributed by atoms with van der Waals surface area (Å²) in [7, 11) is 0. The van der Waals surface area contributed by atoms with Gasteiger partial charge in [-0.1, -0.05) is 24.3 Å². The van der Waals surface area contributed by atoms with E-state index in [1.165, 1.54) is 10.4 Å². The Morgan fingerprint density at radius 3 is 2.83 bits per heavy atom. The van der Waals surface area contributed by atoms with E-state index in [9.17, 15) is 14.7 Å². The molecule has 2 fully saturated rings. The van der Waals surface area contributed by atoms with E-state index in [0.717, 1.165) is 43.0 Å². The van der Waals surface area contributed by atoms with Gasteiger partial charge in [-0.3, -0.25) is 4.79 Å². The molecule has 3 aliphatic heterocycles. The van der Waals surface area contributed by atoms with Crippen molar-refractivity contribution in [3.63, 3.8) is 0 Å². The van der Waals surface area contributed by atoms with Gasteiger partial charge in [0.2, 0.25) is 0 Å². The Morgan fingerprint density at radius 2 is 2.07 bits per heavy atom. The van der Waals surface area contributed by atoms with E-state index in [1.54, 1.807) is 17.4 Å². The van der Waals surface area contributed by atoms with E-state index >= 15 is 0 Å². The van der Waals surface area contributed by atoms with Crippen molar-refractivity contribution in [3.05, 3.63) is 33.5 Å².